The fourth-order valence-electron chi connectivity index (χ4n) is 3.07. The van der Waals surface area contributed by atoms with Crippen molar-refractivity contribution in [2.75, 3.05) is 6.54 Å². The Hall–Kier alpha value is -0.410. The van der Waals surface area contributed by atoms with Gasteiger partial charge in [-0.2, -0.15) is 0 Å². The third-order valence-electron chi connectivity index (χ3n) is 3.96. The molecule has 18 heavy (non-hydrogen) atoms. The van der Waals surface area contributed by atoms with E-state index in [1.54, 1.807) is 12.1 Å². The van der Waals surface area contributed by atoms with Gasteiger partial charge in [-0.05, 0) is 55.3 Å². The maximum absolute atomic E-state index is 13.1. The first-order valence-corrected chi connectivity index (χ1v) is 7.49. The molecule has 0 bridgehead atoms. The molecule has 3 heteroatoms. The Bertz CT molecular complexity index is 421. The highest BCUT2D eigenvalue weighted by atomic mass is 79.9. The Morgan fingerprint density at radius 2 is 2.28 bits per heavy atom. The number of nitrogens with one attached hydrogen (secondary N) is 1. The van der Waals surface area contributed by atoms with Gasteiger partial charge < -0.3 is 5.32 Å². The highest BCUT2D eigenvalue weighted by Crippen LogP contribution is 2.41. The van der Waals surface area contributed by atoms with Crippen molar-refractivity contribution < 1.29 is 4.39 Å². The van der Waals surface area contributed by atoms with Gasteiger partial charge in [0, 0.05) is 10.5 Å². The van der Waals surface area contributed by atoms with Gasteiger partial charge in [-0.25, -0.2) is 4.39 Å². The maximum atomic E-state index is 13.1. The van der Waals surface area contributed by atoms with Crippen molar-refractivity contribution in [3.8, 4) is 0 Å². The van der Waals surface area contributed by atoms with Crippen LogP contribution in [0.1, 0.15) is 38.7 Å². The standard InChI is InChI=1S/C15H21BrFN/c1-3-18-13-6-7-15(2,10-13)9-11-4-5-12(17)8-14(11)16/h4-5,8,13,18H,3,6-7,9-10H2,1-2H3. The summed E-state index contributed by atoms with van der Waals surface area (Å²) in [4.78, 5) is 0. The van der Waals surface area contributed by atoms with E-state index in [2.05, 4.69) is 35.1 Å². The maximum Gasteiger partial charge on any atom is 0.124 e. The number of hydrogen-bond acceptors (Lipinski definition) is 1. The minimum atomic E-state index is -0.173. The molecule has 2 unspecified atom stereocenters. The van der Waals surface area contributed by atoms with Crippen LogP contribution < -0.4 is 5.32 Å². The molecule has 1 fully saturated rings. The third kappa shape index (κ3) is 3.33. The second-order valence-electron chi connectivity index (χ2n) is 5.72. The van der Waals surface area contributed by atoms with Crippen LogP contribution >= 0.6 is 15.9 Å². The van der Waals surface area contributed by atoms with Crippen molar-refractivity contribution in [2.45, 2.75) is 45.6 Å². The molecule has 1 aromatic carbocycles. The highest BCUT2D eigenvalue weighted by Gasteiger charge is 2.35. The van der Waals surface area contributed by atoms with E-state index in [0.717, 1.165) is 17.4 Å². The van der Waals surface area contributed by atoms with Crippen LogP contribution in [0.2, 0.25) is 0 Å². The van der Waals surface area contributed by atoms with Crippen LogP contribution in [-0.4, -0.2) is 12.6 Å². The molecule has 1 aliphatic carbocycles. The van der Waals surface area contributed by atoms with E-state index in [1.807, 2.05) is 6.07 Å². The molecule has 0 amide bonds. The zero-order valence-corrected chi connectivity index (χ0v) is 12.7. The number of halogens is 2. The molecule has 1 saturated carbocycles. The van der Waals surface area contributed by atoms with Crippen LogP contribution in [0.4, 0.5) is 4.39 Å². The van der Waals surface area contributed by atoms with E-state index in [9.17, 15) is 4.39 Å². The Morgan fingerprint density at radius 3 is 2.94 bits per heavy atom. The zero-order valence-electron chi connectivity index (χ0n) is 11.1. The van der Waals surface area contributed by atoms with Gasteiger partial charge in [0.15, 0.2) is 0 Å². The molecule has 0 radical (unpaired) electrons. The van der Waals surface area contributed by atoms with Gasteiger partial charge in [0.2, 0.25) is 0 Å². The lowest BCUT2D eigenvalue weighted by Gasteiger charge is -2.25. The average molecular weight is 314 g/mol. The normalized spacial score (nSPS) is 27.7. The Balaban J connectivity index is 2.05. The molecule has 0 saturated heterocycles. The SMILES string of the molecule is CCNC1CCC(C)(Cc2ccc(F)cc2Br)C1. The largest absolute Gasteiger partial charge is 0.314 e. The Kier molecular flexibility index (Phi) is 4.44. The summed E-state index contributed by atoms with van der Waals surface area (Å²) in [6.07, 6.45) is 4.73. The molecule has 1 nitrogen and oxygen atoms in total. The summed E-state index contributed by atoms with van der Waals surface area (Å²) in [6, 6.07) is 5.68. The molecule has 0 spiro atoms. The molecular formula is C15H21BrFN. The highest BCUT2D eigenvalue weighted by molar-refractivity contribution is 9.10. The first-order chi connectivity index (χ1) is 8.52. The number of benzene rings is 1. The average Bonchev–Trinajstić information content (AvgIpc) is 2.65. The molecule has 2 atom stereocenters. The summed E-state index contributed by atoms with van der Waals surface area (Å²) in [6.45, 7) is 5.55. The van der Waals surface area contributed by atoms with Gasteiger partial charge >= 0.3 is 0 Å². The lowest BCUT2D eigenvalue weighted by molar-refractivity contribution is 0.322. The monoisotopic (exact) mass is 313 g/mol. The first-order valence-electron chi connectivity index (χ1n) is 6.70. The van der Waals surface area contributed by atoms with E-state index in [-0.39, 0.29) is 5.82 Å². The summed E-state index contributed by atoms with van der Waals surface area (Å²) < 4.78 is 14.0. The molecule has 1 aromatic rings. The topological polar surface area (TPSA) is 12.0 Å². The van der Waals surface area contributed by atoms with Crippen molar-refractivity contribution in [1.29, 1.82) is 0 Å². The van der Waals surface area contributed by atoms with Crippen LogP contribution in [-0.2, 0) is 6.42 Å². The van der Waals surface area contributed by atoms with Gasteiger partial charge in [-0.15, -0.1) is 0 Å². The second-order valence-corrected chi connectivity index (χ2v) is 6.57. The fourth-order valence-corrected chi connectivity index (χ4v) is 3.56. The van der Waals surface area contributed by atoms with Crippen molar-refractivity contribution >= 4 is 15.9 Å². The van der Waals surface area contributed by atoms with Crippen LogP contribution in [0.3, 0.4) is 0 Å². The molecule has 0 heterocycles. The summed E-state index contributed by atoms with van der Waals surface area (Å²) >= 11 is 3.47. The van der Waals surface area contributed by atoms with Crippen molar-refractivity contribution in [3.05, 3.63) is 34.1 Å². The zero-order chi connectivity index (χ0) is 13.2. The van der Waals surface area contributed by atoms with Gasteiger partial charge in [0.1, 0.15) is 5.82 Å². The van der Waals surface area contributed by atoms with Gasteiger partial charge in [0.05, 0.1) is 0 Å². The predicted octanol–water partition coefficient (Wildman–Crippen LogP) is 4.30. The summed E-state index contributed by atoms with van der Waals surface area (Å²) in [5, 5.41) is 3.54. The van der Waals surface area contributed by atoms with Gasteiger partial charge in [-0.3, -0.25) is 0 Å². The quantitative estimate of drug-likeness (QED) is 0.874. The van der Waals surface area contributed by atoms with Crippen LogP contribution in [0, 0.1) is 11.2 Å². The minimum absolute atomic E-state index is 0.173. The van der Waals surface area contributed by atoms with Crippen LogP contribution in [0.5, 0.6) is 0 Å². The van der Waals surface area contributed by atoms with Crippen molar-refractivity contribution in [2.24, 2.45) is 5.41 Å². The fraction of sp³-hybridized carbons (Fsp3) is 0.600. The number of rotatable bonds is 4. The van der Waals surface area contributed by atoms with Crippen LogP contribution in [0.15, 0.2) is 22.7 Å². The predicted molar refractivity (Wildman–Crippen MR) is 77.2 cm³/mol. The molecule has 2 rings (SSSR count). The smallest absolute Gasteiger partial charge is 0.124 e. The summed E-state index contributed by atoms with van der Waals surface area (Å²) in [5.41, 5.74) is 1.56. The van der Waals surface area contributed by atoms with E-state index < -0.39 is 0 Å². The molecular weight excluding hydrogens is 293 g/mol. The minimum Gasteiger partial charge on any atom is -0.314 e. The van der Waals surface area contributed by atoms with E-state index in [4.69, 9.17) is 0 Å². The lowest BCUT2D eigenvalue weighted by atomic mass is 9.82. The van der Waals surface area contributed by atoms with E-state index in [1.165, 1.54) is 24.8 Å². The Labute approximate surface area is 117 Å². The van der Waals surface area contributed by atoms with E-state index in [0.29, 0.717) is 11.5 Å². The Morgan fingerprint density at radius 1 is 1.50 bits per heavy atom. The van der Waals surface area contributed by atoms with Gasteiger partial charge in [-0.1, -0.05) is 35.8 Å². The second kappa shape index (κ2) is 5.70. The summed E-state index contributed by atoms with van der Waals surface area (Å²) in [5.74, 6) is -0.173. The van der Waals surface area contributed by atoms with Crippen molar-refractivity contribution in [1.82, 2.24) is 5.32 Å². The third-order valence-corrected chi connectivity index (χ3v) is 4.70. The molecule has 0 aromatic heterocycles. The van der Waals surface area contributed by atoms with Gasteiger partial charge in [0.25, 0.3) is 0 Å². The first kappa shape index (κ1) is 14.0. The lowest BCUT2D eigenvalue weighted by Crippen LogP contribution is -2.28. The molecule has 1 aliphatic rings. The summed E-state index contributed by atoms with van der Waals surface area (Å²) in [7, 11) is 0. The van der Waals surface area contributed by atoms with E-state index >= 15 is 0 Å². The van der Waals surface area contributed by atoms with Crippen LogP contribution in [0.25, 0.3) is 0 Å². The van der Waals surface area contributed by atoms with Crippen molar-refractivity contribution in [3.63, 3.8) is 0 Å². The number of hydrogen-bond donors (Lipinski definition) is 1. The molecule has 100 valence electrons. The molecule has 0 aliphatic heterocycles. The molecule has 1 N–H and O–H groups in total.